The van der Waals surface area contributed by atoms with E-state index < -0.39 is 6.10 Å². The third-order valence-electron chi connectivity index (χ3n) is 4.11. The Kier molecular flexibility index (Phi) is 5.14. The van der Waals surface area contributed by atoms with E-state index in [9.17, 15) is 9.90 Å². The molecular formula is C20H22N2O3. The van der Waals surface area contributed by atoms with Gasteiger partial charge in [0.25, 0.3) is 5.56 Å². The topological polar surface area (TPSA) is 64.3 Å². The Morgan fingerprint density at radius 3 is 2.64 bits per heavy atom. The van der Waals surface area contributed by atoms with Gasteiger partial charge in [0.15, 0.2) is 0 Å². The molecule has 1 heterocycles. The van der Waals surface area contributed by atoms with Crippen LogP contribution in [0.1, 0.15) is 25.3 Å². The Hall–Kier alpha value is -2.66. The molecule has 0 amide bonds. The quantitative estimate of drug-likeness (QED) is 0.750. The number of rotatable bonds is 6. The zero-order valence-corrected chi connectivity index (χ0v) is 14.4. The number of benzene rings is 2. The van der Waals surface area contributed by atoms with E-state index in [2.05, 4.69) is 18.8 Å². The second-order valence-electron chi connectivity index (χ2n) is 6.38. The number of aliphatic hydroxyl groups is 1. The summed E-state index contributed by atoms with van der Waals surface area (Å²) in [6.07, 6.45) is 0.663. The number of fused-ring (bicyclic) bond motifs is 1. The average Bonchev–Trinajstić information content (AvgIpc) is 2.63. The molecule has 0 saturated carbocycles. The van der Waals surface area contributed by atoms with Crippen LogP contribution in [0.5, 0.6) is 5.75 Å². The summed E-state index contributed by atoms with van der Waals surface area (Å²) in [6, 6.07) is 15.0. The zero-order valence-electron chi connectivity index (χ0n) is 14.4. The fourth-order valence-corrected chi connectivity index (χ4v) is 2.79. The Balaban J connectivity index is 1.70. The SMILES string of the molecule is CC(C)c1ccccc1OCC(O)Cn1cnc2ccccc2c1=O. The molecule has 25 heavy (non-hydrogen) atoms. The number of para-hydroxylation sites is 2. The van der Waals surface area contributed by atoms with E-state index >= 15 is 0 Å². The average molecular weight is 338 g/mol. The summed E-state index contributed by atoms with van der Waals surface area (Å²) >= 11 is 0. The van der Waals surface area contributed by atoms with Crippen molar-refractivity contribution in [3.8, 4) is 5.75 Å². The molecule has 1 atom stereocenters. The highest BCUT2D eigenvalue weighted by atomic mass is 16.5. The van der Waals surface area contributed by atoms with Crippen LogP contribution in [0, 0.1) is 0 Å². The normalized spacial score (nSPS) is 12.5. The molecule has 0 aliphatic rings. The minimum Gasteiger partial charge on any atom is -0.491 e. The number of hydrogen-bond donors (Lipinski definition) is 1. The third-order valence-corrected chi connectivity index (χ3v) is 4.11. The second kappa shape index (κ2) is 7.49. The van der Waals surface area contributed by atoms with Gasteiger partial charge in [-0.3, -0.25) is 9.36 Å². The van der Waals surface area contributed by atoms with Crippen molar-refractivity contribution in [1.29, 1.82) is 0 Å². The van der Waals surface area contributed by atoms with Crippen molar-refractivity contribution in [2.24, 2.45) is 0 Å². The van der Waals surface area contributed by atoms with E-state index in [0.717, 1.165) is 11.3 Å². The van der Waals surface area contributed by atoms with Crippen molar-refractivity contribution in [2.75, 3.05) is 6.61 Å². The molecule has 0 radical (unpaired) electrons. The van der Waals surface area contributed by atoms with Gasteiger partial charge in [0.1, 0.15) is 18.5 Å². The van der Waals surface area contributed by atoms with Crippen molar-refractivity contribution in [1.82, 2.24) is 9.55 Å². The van der Waals surface area contributed by atoms with Crippen molar-refractivity contribution in [3.05, 3.63) is 70.8 Å². The largest absolute Gasteiger partial charge is 0.491 e. The first-order chi connectivity index (χ1) is 12.1. The van der Waals surface area contributed by atoms with Crippen LogP contribution < -0.4 is 10.3 Å². The summed E-state index contributed by atoms with van der Waals surface area (Å²) in [5, 5.41) is 10.8. The van der Waals surface area contributed by atoms with Crippen LogP contribution in [0.25, 0.3) is 10.9 Å². The Bertz CT molecular complexity index is 918. The van der Waals surface area contributed by atoms with Gasteiger partial charge in [-0.15, -0.1) is 0 Å². The van der Waals surface area contributed by atoms with Gasteiger partial charge in [-0.2, -0.15) is 0 Å². The lowest BCUT2D eigenvalue weighted by Crippen LogP contribution is -2.30. The molecule has 0 fully saturated rings. The smallest absolute Gasteiger partial charge is 0.261 e. The van der Waals surface area contributed by atoms with Crippen LogP contribution >= 0.6 is 0 Å². The first-order valence-electron chi connectivity index (χ1n) is 8.40. The Morgan fingerprint density at radius 2 is 1.84 bits per heavy atom. The lowest BCUT2D eigenvalue weighted by molar-refractivity contribution is 0.0909. The Morgan fingerprint density at radius 1 is 1.12 bits per heavy atom. The van der Waals surface area contributed by atoms with Crippen LogP contribution in [0.4, 0.5) is 0 Å². The number of aliphatic hydroxyl groups excluding tert-OH is 1. The molecule has 5 heteroatoms. The molecule has 3 rings (SSSR count). The van der Waals surface area contributed by atoms with Gasteiger partial charge in [0.2, 0.25) is 0 Å². The molecule has 0 bridgehead atoms. The summed E-state index contributed by atoms with van der Waals surface area (Å²) in [5.74, 6) is 1.10. The number of aromatic nitrogens is 2. The van der Waals surface area contributed by atoms with Crippen molar-refractivity contribution >= 4 is 10.9 Å². The predicted octanol–water partition coefficient (Wildman–Crippen LogP) is 2.96. The van der Waals surface area contributed by atoms with E-state index in [-0.39, 0.29) is 18.7 Å². The van der Waals surface area contributed by atoms with E-state index in [1.54, 1.807) is 18.2 Å². The fraction of sp³-hybridized carbons (Fsp3) is 0.300. The van der Waals surface area contributed by atoms with Gasteiger partial charge >= 0.3 is 0 Å². The van der Waals surface area contributed by atoms with Crippen molar-refractivity contribution in [3.63, 3.8) is 0 Å². The predicted molar refractivity (Wildman–Crippen MR) is 98.0 cm³/mol. The number of ether oxygens (including phenoxy) is 1. The minimum atomic E-state index is -0.805. The molecule has 1 N–H and O–H groups in total. The highest BCUT2D eigenvalue weighted by Crippen LogP contribution is 2.25. The summed E-state index contributed by atoms with van der Waals surface area (Å²) in [6.45, 7) is 4.45. The summed E-state index contributed by atoms with van der Waals surface area (Å²) in [4.78, 5) is 16.7. The zero-order chi connectivity index (χ0) is 17.8. The molecule has 2 aromatic carbocycles. The van der Waals surface area contributed by atoms with Gasteiger partial charge in [-0.25, -0.2) is 4.98 Å². The van der Waals surface area contributed by atoms with Crippen LogP contribution in [-0.4, -0.2) is 27.4 Å². The number of nitrogens with zero attached hydrogens (tertiary/aromatic N) is 2. The molecule has 130 valence electrons. The van der Waals surface area contributed by atoms with Crippen LogP contribution in [0.2, 0.25) is 0 Å². The fourth-order valence-electron chi connectivity index (χ4n) is 2.79. The summed E-state index contributed by atoms with van der Waals surface area (Å²) in [5.41, 5.74) is 1.59. The first-order valence-corrected chi connectivity index (χ1v) is 8.40. The maximum atomic E-state index is 12.5. The molecule has 1 unspecified atom stereocenters. The molecule has 0 aliphatic carbocycles. The molecule has 3 aromatic rings. The highest BCUT2D eigenvalue weighted by Gasteiger charge is 2.12. The minimum absolute atomic E-state index is 0.114. The summed E-state index contributed by atoms with van der Waals surface area (Å²) in [7, 11) is 0. The monoisotopic (exact) mass is 338 g/mol. The highest BCUT2D eigenvalue weighted by molar-refractivity contribution is 5.76. The lowest BCUT2D eigenvalue weighted by atomic mass is 10.0. The van der Waals surface area contributed by atoms with Crippen LogP contribution in [-0.2, 0) is 6.54 Å². The Labute approximate surface area is 146 Å². The van der Waals surface area contributed by atoms with Crippen molar-refractivity contribution < 1.29 is 9.84 Å². The van der Waals surface area contributed by atoms with E-state index in [1.807, 2.05) is 30.3 Å². The summed E-state index contributed by atoms with van der Waals surface area (Å²) < 4.78 is 7.20. The standard InChI is InChI=1S/C20H22N2O3/c1-14(2)16-7-4-6-10-19(16)25-12-15(23)11-22-13-21-18-9-5-3-8-17(18)20(22)24/h3-10,13-15,23H,11-12H2,1-2H3. The van der Waals surface area contributed by atoms with E-state index in [4.69, 9.17) is 4.74 Å². The van der Waals surface area contributed by atoms with Crippen molar-refractivity contribution in [2.45, 2.75) is 32.4 Å². The molecular weight excluding hydrogens is 316 g/mol. The molecule has 0 aliphatic heterocycles. The maximum Gasteiger partial charge on any atom is 0.261 e. The number of hydrogen-bond acceptors (Lipinski definition) is 4. The van der Waals surface area contributed by atoms with Gasteiger partial charge in [0, 0.05) is 0 Å². The van der Waals surface area contributed by atoms with Gasteiger partial charge in [-0.05, 0) is 29.7 Å². The first kappa shape index (κ1) is 17.2. The van der Waals surface area contributed by atoms with E-state index in [1.165, 1.54) is 10.9 Å². The molecule has 1 aromatic heterocycles. The third kappa shape index (κ3) is 3.88. The van der Waals surface area contributed by atoms with Gasteiger partial charge < -0.3 is 9.84 Å². The van der Waals surface area contributed by atoms with Gasteiger partial charge in [-0.1, -0.05) is 44.2 Å². The molecule has 0 saturated heterocycles. The van der Waals surface area contributed by atoms with Crippen LogP contribution in [0.3, 0.4) is 0 Å². The maximum absolute atomic E-state index is 12.5. The molecule has 0 spiro atoms. The van der Waals surface area contributed by atoms with Gasteiger partial charge in [0.05, 0.1) is 23.8 Å². The second-order valence-corrected chi connectivity index (χ2v) is 6.38. The molecule has 5 nitrogen and oxygen atoms in total. The van der Waals surface area contributed by atoms with Crippen LogP contribution in [0.15, 0.2) is 59.7 Å². The lowest BCUT2D eigenvalue weighted by Gasteiger charge is -2.17. The van der Waals surface area contributed by atoms with E-state index in [0.29, 0.717) is 16.8 Å².